The Morgan fingerprint density at radius 2 is 2.20 bits per heavy atom. The lowest BCUT2D eigenvalue weighted by Gasteiger charge is -2.28. The van der Waals surface area contributed by atoms with Crippen LogP contribution in [0.4, 0.5) is 0 Å². The van der Waals surface area contributed by atoms with Crippen LogP contribution in [-0.4, -0.2) is 49.1 Å². The fraction of sp³-hybridized carbons (Fsp3) is 0.625. The molecule has 2 N–H and O–H groups in total. The summed E-state index contributed by atoms with van der Waals surface area (Å²) < 4.78 is 0. The van der Waals surface area contributed by atoms with Gasteiger partial charge in [-0.3, -0.25) is 4.90 Å². The SMILES string of the molecule is CC1CN(C)CCCN1CCC(N)c1cccc(Cl)c1. The summed E-state index contributed by atoms with van der Waals surface area (Å²) >= 11 is 6.03. The minimum atomic E-state index is 0.0712. The Balaban J connectivity index is 1.87. The van der Waals surface area contributed by atoms with Gasteiger partial charge in [0.05, 0.1) is 0 Å². The van der Waals surface area contributed by atoms with Crippen LogP contribution in [0.15, 0.2) is 24.3 Å². The van der Waals surface area contributed by atoms with E-state index in [1.54, 1.807) is 0 Å². The molecule has 0 spiro atoms. The van der Waals surface area contributed by atoms with E-state index in [0.29, 0.717) is 6.04 Å². The first-order chi connectivity index (χ1) is 9.56. The van der Waals surface area contributed by atoms with Gasteiger partial charge in [0, 0.05) is 30.2 Å². The van der Waals surface area contributed by atoms with E-state index in [-0.39, 0.29) is 6.04 Å². The lowest BCUT2D eigenvalue weighted by atomic mass is 10.0. The average Bonchev–Trinajstić information content (AvgIpc) is 2.57. The van der Waals surface area contributed by atoms with Gasteiger partial charge in [-0.25, -0.2) is 0 Å². The van der Waals surface area contributed by atoms with E-state index < -0.39 is 0 Å². The zero-order chi connectivity index (χ0) is 14.5. The van der Waals surface area contributed by atoms with Crippen LogP contribution in [0, 0.1) is 0 Å². The summed E-state index contributed by atoms with van der Waals surface area (Å²) in [5, 5.41) is 0.766. The van der Waals surface area contributed by atoms with Crippen LogP contribution in [0.1, 0.15) is 31.4 Å². The number of hydrogen-bond acceptors (Lipinski definition) is 3. The van der Waals surface area contributed by atoms with Crippen molar-refractivity contribution in [2.45, 2.75) is 31.8 Å². The van der Waals surface area contributed by atoms with Gasteiger partial charge in [-0.05, 0) is 57.6 Å². The molecule has 112 valence electrons. The van der Waals surface area contributed by atoms with Crippen LogP contribution < -0.4 is 5.73 Å². The molecule has 1 fully saturated rings. The molecule has 1 aliphatic heterocycles. The van der Waals surface area contributed by atoms with Crippen molar-refractivity contribution in [2.75, 3.05) is 33.2 Å². The van der Waals surface area contributed by atoms with Gasteiger partial charge in [-0.2, -0.15) is 0 Å². The molecule has 1 heterocycles. The molecule has 2 rings (SSSR count). The second kappa shape index (κ2) is 7.41. The number of halogens is 1. The second-order valence-corrected chi connectivity index (χ2v) is 6.39. The molecule has 0 saturated carbocycles. The highest BCUT2D eigenvalue weighted by Crippen LogP contribution is 2.19. The molecule has 2 atom stereocenters. The summed E-state index contributed by atoms with van der Waals surface area (Å²) in [7, 11) is 2.21. The molecule has 0 bridgehead atoms. The monoisotopic (exact) mass is 295 g/mol. The molecule has 0 amide bonds. The Kier molecular flexibility index (Phi) is 5.85. The lowest BCUT2D eigenvalue weighted by molar-refractivity contribution is 0.196. The molecule has 1 aromatic rings. The Bertz CT molecular complexity index is 424. The van der Waals surface area contributed by atoms with Crippen molar-refractivity contribution in [3.63, 3.8) is 0 Å². The first-order valence-corrected chi connectivity index (χ1v) is 7.87. The van der Waals surface area contributed by atoms with Crippen molar-refractivity contribution in [1.29, 1.82) is 0 Å². The summed E-state index contributed by atoms with van der Waals surface area (Å²) in [5.41, 5.74) is 7.43. The van der Waals surface area contributed by atoms with E-state index in [9.17, 15) is 0 Å². The minimum Gasteiger partial charge on any atom is -0.324 e. The lowest BCUT2D eigenvalue weighted by Crippen LogP contribution is -2.39. The van der Waals surface area contributed by atoms with E-state index >= 15 is 0 Å². The highest BCUT2D eigenvalue weighted by atomic mass is 35.5. The molecule has 1 aromatic carbocycles. The van der Waals surface area contributed by atoms with E-state index in [2.05, 4.69) is 29.8 Å². The van der Waals surface area contributed by atoms with Crippen molar-refractivity contribution in [1.82, 2.24) is 9.80 Å². The van der Waals surface area contributed by atoms with E-state index in [1.807, 2.05) is 18.2 Å². The third-order valence-corrected chi connectivity index (χ3v) is 4.42. The summed E-state index contributed by atoms with van der Waals surface area (Å²) in [6.45, 7) is 6.89. The predicted molar refractivity (Wildman–Crippen MR) is 86.1 cm³/mol. The van der Waals surface area contributed by atoms with Gasteiger partial charge in [-0.15, -0.1) is 0 Å². The molecular weight excluding hydrogens is 270 g/mol. The van der Waals surface area contributed by atoms with Crippen LogP contribution in [0.3, 0.4) is 0 Å². The van der Waals surface area contributed by atoms with Crippen molar-refractivity contribution >= 4 is 11.6 Å². The van der Waals surface area contributed by atoms with Crippen LogP contribution in [0.5, 0.6) is 0 Å². The van der Waals surface area contributed by atoms with Gasteiger partial charge < -0.3 is 10.6 Å². The van der Waals surface area contributed by atoms with Gasteiger partial charge in [0.2, 0.25) is 0 Å². The summed E-state index contributed by atoms with van der Waals surface area (Å²) in [6.07, 6.45) is 2.22. The largest absolute Gasteiger partial charge is 0.324 e. The van der Waals surface area contributed by atoms with Crippen molar-refractivity contribution < 1.29 is 0 Å². The van der Waals surface area contributed by atoms with Crippen molar-refractivity contribution in [3.05, 3.63) is 34.9 Å². The summed E-state index contributed by atoms with van der Waals surface area (Å²) in [4.78, 5) is 4.98. The van der Waals surface area contributed by atoms with Crippen LogP contribution in [0.2, 0.25) is 5.02 Å². The maximum absolute atomic E-state index is 6.30. The first-order valence-electron chi connectivity index (χ1n) is 7.50. The fourth-order valence-electron chi connectivity index (χ4n) is 2.96. The number of likely N-dealkylation sites (N-methyl/N-ethyl adjacent to an activating group) is 1. The normalized spacial score (nSPS) is 23.5. The molecule has 20 heavy (non-hydrogen) atoms. The molecule has 4 heteroatoms. The quantitative estimate of drug-likeness (QED) is 0.927. The van der Waals surface area contributed by atoms with E-state index in [4.69, 9.17) is 17.3 Å². The Morgan fingerprint density at radius 3 is 2.95 bits per heavy atom. The van der Waals surface area contributed by atoms with Crippen LogP contribution in [-0.2, 0) is 0 Å². The predicted octanol–water partition coefficient (Wildman–Crippen LogP) is 2.76. The van der Waals surface area contributed by atoms with Crippen LogP contribution in [0.25, 0.3) is 0 Å². The molecule has 0 radical (unpaired) electrons. The highest BCUT2D eigenvalue weighted by Gasteiger charge is 2.20. The van der Waals surface area contributed by atoms with Gasteiger partial charge in [0.1, 0.15) is 0 Å². The Hall–Kier alpha value is -0.610. The Labute approximate surface area is 127 Å². The highest BCUT2D eigenvalue weighted by molar-refractivity contribution is 6.30. The zero-order valence-electron chi connectivity index (χ0n) is 12.6. The van der Waals surface area contributed by atoms with Gasteiger partial charge >= 0.3 is 0 Å². The Morgan fingerprint density at radius 1 is 1.40 bits per heavy atom. The smallest absolute Gasteiger partial charge is 0.0409 e. The van der Waals surface area contributed by atoms with Crippen molar-refractivity contribution in [3.8, 4) is 0 Å². The average molecular weight is 296 g/mol. The maximum atomic E-state index is 6.30. The van der Waals surface area contributed by atoms with Crippen molar-refractivity contribution in [2.24, 2.45) is 5.73 Å². The van der Waals surface area contributed by atoms with Gasteiger partial charge in [0.15, 0.2) is 0 Å². The van der Waals surface area contributed by atoms with Crippen LogP contribution >= 0.6 is 11.6 Å². The molecule has 1 aliphatic rings. The topological polar surface area (TPSA) is 32.5 Å². The third-order valence-electron chi connectivity index (χ3n) is 4.19. The number of rotatable bonds is 4. The van der Waals surface area contributed by atoms with E-state index in [0.717, 1.165) is 30.1 Å². The van der Waals surface area contributed by atoms with Gasteiger partial charge in [-0.1, -0.05) is 23.7 Å². The molecular formula is C16H26ClN3. The second-order valence-electron chi connectivity index (χ2n) is 5.95. The number of nitrogens with zero attached hydrogens (tertiary/aromatic N) is 2. The maximum Gasteiger partial charge on any atom is 0.0409 e. The zero-order valence-corrected chi connectivity index (χ0v) is 13.3. The summed E-state index contributed by atoms with van der Waals surface area (Å²) in [5.74, 6) is 0. The molecule has 3 nitrogen and oxygen atoms in total. The first kappa shape index (κ1) is 15.8. The number of nitrogens with two attached hydrogens (primary N) is 1. The molecule has 0 aromatic heterocycles. The van der Waals surface area contributed by atoms with E-state index in [1.165, 1.54) is 19.5 Å². The fourth-order valence-corrected chi connectivity index (χ4v) is 3.16. The minimum absolute atomic E-state index is 0.0712. The van der Waals surface area contributed by atoms with Gasteiger partial charge in [0.25, 0.3) is 0 Å². The number of hydrogen-bond donors (Lipinski definition) is 1. The number of benzene rings is 1. The molecule has 1 saturated heterocycles. The standard InChI is InChI=1S/C16H26ClN3/c1-13-12-19(2)8-4-9-20(13)10-7-16(18)14-5-3-6-15(17)11-14/h3,5-6,11,13,16H,4,7-10,12,18H2,1-2H3. The molecule has 0 aliphatic carbocycles. The summed E-state index contributed by atoms with van der Waals surface area (Å²) in [6, 6.07) is 8.59. The molecule has 2 unspecified atom stereocenters. The third kappa shape index (κ3) is 4.45.